The van der Waals surface area contributed by atoms with Gasteiger partial charge in [0.25, 0.3) is 10.0 Å². The fourth-order valence-corrected chi connectivity index (χ4v) is 5.33. The van der Waals surface area contributed by atoms with Crippen molar-refractivity contribution in [3.8, 4) is 0 Å². The number of hydrogen-bond donors (Lipinski definition) is 1. The molecule has 4 aliphatic heterocycles. The minimum atomic E-state index is -4.18. The standard InChI is InChI=1S/C11H12N2O9S/c1-12-2-3-13-11(23(13,18)19)10(12)20-6(14)4-9(17,8(16)22-10)5-7(15)21-11/h17H,2-5H2,1H3. The van der Waals surface area contributed by atoms with Crippen LogP contribution < -0.4 is 0 Å². The highest BCUT2D eigenvalue weighted by molar-refractivity contribution is 7.96. The van der Waals surface area contributed by atoms with E-state index in [1.807, 2.05) is 0 Å². The lowest BCUT2D eigenvalue weighted by Gasteiger charge is -2.44. The minimum absolute atomic E-state index is 0.0345. The van der Waals surface area contributed by atoms with Crippen LogP contribution in [0.15, 0.2) is 0 Å². The summed E-state index contributed by atoms with van der Waals surface area (Å²) in [5.41, 5.74) is -2.46. The lowest BCUT2D eigenvalue weighted by Crippen LogP contribution is -2.69. The first-order chi connectivity index (χ1) is 10.6. The molecule has 0 aromatic carbocycles. The number of aliphatic hydroxyl groups is 1. The Morgan fingerprint density at radius 3 is 2.30 bits per heavy atom. The van der Waals surface area contributed by atoms with Crippen LogP contribution in [0.25, 0.3) is 0 Å². The molecule has 0 radical (unpaired) electrons. The second-order valence-corrected chi connectivity index (χ2v) is 7.83. The van der Waals surface area contributed by atoms with Gasteiger partial charge in [-0.15, -0.1) is 4.31 Å². The van der Waals surface area contributed by atoms with E-state index in [1.54, 1.807) is 0 Å². The Kier molecular flexibility index (Phi) is 2.46. The number of carbonyl (C=O) groups is 3. The Balaban J connectivity index is 1.99. The molecule has 23 heavy (non-hydrogen) atoms. The molecule has 4 aliphatic rings. The molecule has 2 bridgehead atoms. The van der Waals surface area contributed by atoms with Crippen LogP contribution >= 0.6 is 0 Å². The predicted molar refractivity (Wildman–Crippen MR) is 66.2 cm³/mol. The van der Waals surface area contributed by atoms with Crippen molar-refractivity contribution >= 4 is 27.9 Å². The van der Waals surface area contributed by atoms with Gasteiger partial charge in [0.1, 0.15) is 0 Å². The number of nitrogens with zero attached hydrogens (tertiary/aromatic N) is 2. The Hall–Kier alpha value is -1.76. The molecule has 11 nitrogen and oxygen atoms in total. The summed E-state index contributed by atoms with van der Waals surface area (Å²) >= 11 is 0. The molecule has 4 saturated heterocycles. The monoisotopic (exact) mass is 348 g/mol. The summed E-state index contributed by atoms with van der Waals surface area (Å²) in [6.07, 6.45) is -1.75. The van der Waals surface area contributed by atoms with Crippen LogP contribution in [0, 0.1) is 0 Å². The number of rotatable bonds is 0. The van der Waals surface area contributed by atoms with Crippen molar-refractivity contribution in [1.29, 1.82) is 0 Å². The van der Waals surface area contributed by atoms with Crippen LogP contribution in [0.3, 0.4) is 0 Å². The maximum absolute atomic E-state index is 12.4. The van der Waals surface area contributed by atoms with Crippen molar-refractivity contribution in [2.24, 2.45) is 0 Å². The average Bonchev–Trinajstić information content (AvgIpc) is 2.90. The summed E-state index contributed by atoms with van der Waals surface area (Å²) in [6.45, 7) is 0.0186. The average molecular weight is 348 g/mol. The number of esters is 3. The highest BCUT2D eigenvalue weighted by Gasteiger charge is 2.92. The summed E-state index contributed by atoms with van der Waals surface area (Å²) in [7, 11) is -2.82. The molecule has 2 spiro atoms. The zero-order valence-electron chi connectivity index (χ0n) is 11.8. The van der Waals surface area contributed by atoms with Crippen LogP contribution in [0.2, 0.25) is 0 Å². The highest BCUT2D eigenvalue weighted by Crippen LogP contribution is 2.59. The van der Waals surface area contributed by atoms with Crippen LogP contribution in [0.1, 0.15) is 12.8 Å². The van der Waals surface area contributed by atoms with Crippen LogP contribution in [0.4, 0.5) is 0 Å². The van der Waals surface area contributed by atoms with Gasteiger partial charge in [0.05, 0.1) is 12.8 Å². The maximum Gasteiger partial charge on any atom is 0.395 e. The first-order valence-electron chi connectivity index (χ1n) is 6.72. The maximum atomic E-state index is 12.4. The van der Waals surface area contributed by atoms with Crippen molar-refractivity contribution in [2.45, 2.75) is 29.4 Å². The van der Waals surface area contributed by atoms with Crippen molar-refractivity contribution in [2.75, 3.05) is 20.1 Å². The van der Waals surface area contributed by atoms with E-state index in [0.29, 0.717) is 0 Å². The number of fused-ring (bicyclic) bond motifs is 2. The number of sulfonamides is 1. The quantitative estimate of drug-likeness (QED) is 0.357. The molecule has 0 aliphatic carbocycles. The molecule has 126 valence electrons. The summed E-state index contributed by atoms with van der Waals surface area (Å²) in [5.74, 6) is -6.02. The van der Waals surface area contributed by atoms with Gasteiger partial charge in [0.2, 0.25) is 0 Å². The van der Waals surface area contributed by atoms with Gasteiger partial charge in [0, 0.05) is 13.1 Å². The normalized spacial score (nSPS) is 47.9. The fraction of sp³-hybridized carbons (Fsp3) is 0.727. The van der Waals surface area contributed by atoms with E-state index in [0.717, 1.165) is 9.21 Å². The van der Waals surface area contributed by atoms with Crippen molar-refractivity contribution in [3.05, 3.63) is 0 Å². The van der Waals surface area contributed by atoms with E-state index in [1.165, 1.54) is 7.05 Å². The Bertz CT molecular complexity index is 765. The second kappa shape index (κ2) is 3.83. The lowest BCUT2D eigenvalue weighted by molar-refractivity contribution is -0.347. The van der Waals surface area contributed by atoms with Crippen LogP contribution in [0.5, 0.6) is 0 Å². The van der Waals surface area contributed by atoms with E-state index in [2.05, 4.69) is 0 Å². The number of hydrogen-bond acceptors (Lipinski definition) is 10. The summed E-state index contributed by atoms with van der Waals surface area (Å²) in [5, 5.41) is 7.81. The molecule has 12 heteroatoms. The zero-order valence-corrected chi connectivity index (χ0v) is 12.7. The molecule has 0 amide bonds. The molecule has 0 saturated carbocycles. The van der Waals surface area contributed by atoms with Gasteiger partial charge >= 0.3 is 28.9 Å². The van der Waals surface area contributed by atoms with Gasteiger partial charge < -0.3 is 19.3 Å². The molecule has 4 rings (SSSR count). The van der Waals surface area contributed by atoms with Gasteiger partial charge in [-0.25, -0.2) is 18.1 Å². The fourth-order valence-electron chi connectivity index (χ4n) is 3.26. The van der Waals surface area contributed by atoms with Crippen molar-refractivity contribution in [1.82, 2.24) is 9.21 Å². The first kappa shape index (κ1) is 14.8. The third-order valence-corrected chi connectivity index (χ3v) is 6.57. The molecule has 4 fully saturated rings. The number of likely N-dealkylation sites (N-methyl/N-ethyl adjacent to an activating group) is 1. The van der Waals surface area contributed by atoms with Gasteiger partial charge in [-0.2, -0.15) is 0 Å². The Morgan fingerprint density at radius 2 is 1.65 bits per heavy atom. The van der Waals surface area contributed by atoms with E-state index in [-0.39, 0.29) is 13.1 Å². The van der Waals surface area contributed by atoms with E-state index in [4.69, 9.17) is 14.2 Å². The molecule has 4 atom stereocenters. The Morgan fingerprint density at radius 1 is 1.04 bits per heavy atom. The molecule has 4 unspecified atom stereocenters. The molecular formula is C11H12N2O9S. The number of carbonyl (C=O) groups excluding carboxylic acids is 3. The van der Waals surface area contributed by atoms with Gasteiger partial charge in [0.15, 0.2) is 5.60 Å². The van der Waals surface area contributed by atoms with E-state index >= 15 is 0 Å². The van der Waals surface area contributed by atoms with Crippen LogP contribution in [-0.2, 0) is 38.6 Å². The van der Waals surface area contributed by atoms with E-state index < -0.39 is 57.3 Å². The van der Waals surface area contributed by atoms with Gasteiger partial charge in [-0.3, -0.25) is 9.59 Å². The zero-order chi connectivity index (χ0) is 16.8. The molecule has 1 N–H and O–H groups in total. The second-order valence-electron chi connectivity index (χ2n) is 5.89. The predicted octanol–water partition coefficient (Wildman–Crippen LogP) is -2.95. The van der Waals surface area contributed by atoms with Crippen LogP contribution in [-0.4, -0.2) is 77.3 Å². The van der Waals surface area contributed by atoms with E-state index in [9.17, 15) is 27.9 Å². The molecule has 4 heterocycles. The summed E-state index contributed by atoms with van der Waals surface area (Å²) in [4.78, 5) is 37.5. The number of ether oxygens (including phenoxy) is 3. The Labute approximate surface area is 129 Å². The topological polar surface area (TPSA) is 140 Å². The van der Waals surface area contributed by atoms with Gasteiger partial charge in [-0.1, -0.05) is 0 Å². The highest BCUT2D eigenvalue weighted by atomic mass is 32.2. The smallest absolute Gasteiger partial charge is 0.395 e. The SMILES string of the molecule is CN1CCN2C3(OC(=O)CC4(O)CC(=O)OC13OC4=O)S2(=O)=O. The van der Waals surface area contributed by atoms with Crippen molar-refractivity contribution in [3.63, 3.8) is 0 Å². The molecular weight excluding hydrogens is 336 g/mol. The first-order valence-corrected chi connectivity index (χ1v) is 8.16. The number of piperazine rings is 1. The summed E-state index contributed by atoms with van der Waals surface area (Å²) < 4.78 is 40.9. The molecule has 0 aromatic rings. The summed E-state index contributed by atoms with van der Waals surface area (Å²) in [6, 6.07) is 0. The van der Waals surface area contributed by atoms with Gasteiger partial charge in [-0.05, 0) is 7.05 Å². The minimum Gasteiger partial charge on any atom is -0.418 e. The van der Waals surface area contributed by atoms with Crippen molar-refractivity contribution < 1.29 is 42.1 Å². The third kappa shape index (κ3) is 1.45. The largest absolute Gasteiger partial charge is 0.418 e. The molecule has 0 aromatic heterocycles. The third-order valence-electron chi connectivity index (χ3n) is 4.46. The lowest BCUT2D eigenvalue weighted by atomic mass is 9.95.